The third-order valence-electron chi connectivity index (χ3n) is 7.33. The molecule has 4 unspecified atom stereocenters. The molecule has 0 aromatic heterocycles. The highest BCUT2D eigenvalue weighted by Gasteiger charge is 2.39. The molecule has 0 fully saturated rings. The number of ether oxygens (including phenoxy) is 2. The van der Waals surface area contributed by atoms with Crippen molar-refractivity contribution in [2.75, 3.05) is 13.2 Å². The molecule has 0 saturated heterocycles. The molecule has 3 amide bonds. The van der Waals surface area contributed by atoms with Crippen molar-refractivity contribution in [3.63, 3.8) is 0 Å². The third-order valence-corrected chi connectivity index (χ3v) is 7.33. The topological polar surface area (TPSA) is 134 Å². The molecule has 10 nitrogen and oxygen atoms in total. The monoisotopic (exact) mass is 639 g/mol. The first-order valence-electron chi connectivity index (χ1n) is 16.1. The summed E-state index contributed by atoms with van der Waals surface area (Å²) in [5, 5.41) is 15.7. The lowest BCUT2D eigenvalue weighted by Crippen LogP contribution is -2.57. The molecule has 2 aromatic rings. The van der Waals surface area contributed by atoms with E-state index in [0.29, 0.717) is 12.0 Å². The normalized spacial score (nSPS) is 14.3. The molecule has 0 radical (unpaired) electrons. The van der Waals surface area contributed by atoms with Crippen LogP contribution in [0.5, 0.6) is 0 Å². The van der Waals surface area contributed by atoms with Crippen LogP contribution in [0.1, 0.15) is 91.5 Å². The van der Waals surface area contributed by atoms with E-state index in [1.54, 1.807) is 53.7 Å². The Hall–Kier alpha value is -3.92. The molecule has 2 rings (SSSR count). The zero-order valence-corrected chi connectivity index (χ0v) is 28.9. The number of esters is 1. The number of carbonyl (C=O) groups excluding carboxylic acids is 4. The van der Waals surface area contributed by atoms with Crippen LogP contribution >= 0.6 is 0 Å². The fourth-order valence-electron chi connectivity index (χ4n) is 4.85. The van der Waals surface area contributed by atoms with Crippen LogP contribution in [0, 0.1) is 5.92 Å². The Morgan fingerprint density at radius 3 is 1.91 bits per heavy atom. The molecule has 2 aromatic carbocycles. The zero-order chi connectivity index (χ0) is 34.7. The highest BCUT2D eigenvalue weighted by molar-refractivity contribution is 5.94. The van der Waals surface area contributed by atoms with Gasteiger partial charge in [0, 0.05) is 13.0 Å². The van der Waals surface area contributed by atoms with Crippen LogP contribution in [0.2, 0.25) is 0 Å². The number of amides is 3. The van der Waals surface area contributed by atoms with E-state index in [1.165, 1.54) is 4.90 Å². The number of hydrogen-bond acceptors (Lipinski definition) is 7. The molecular formula is C36H53N3O7. The van der Waals surface area contributed by atoms with Crippen molar-refractivity contribution in [1.29, 1.82) is 0 Å². The average Bonchev–Trinajstić information content (AvgIpc) is 2.97. The van der Waals surface area contributed by atoms with Crippen LogP contribution < -0.4 is 10.6 Å². The van der Waals surface area contributed by atoms with Crippen molar-refractivity contribution in [2.24, 2.45) is 5.92 Å². The minimum atomic E-state index is -1.24. The van der Waals surface area contributed by atoms with Crippen molar-refractivity contribution < 1.29 is 33.8 Å². The predicted octanol–water partition coefficient (Wildman–Crippen LogP) is 5.12. The number of aliphatic hydroxyl groups excluding tert-OH is 1. The van der Waals surface area contributed by atoms with Crippen LogP contribution in [-0.4, -0.2) is 70.3 Å². The van der Waals surface area contributed by atoms with Gasteiger partial charge in [0.05, 0.1) is 6.61 Å². The maximum Gasteiger partial charge on any atom is 0.408 e. The van der Waals surface area contributed by atoms with Crippen LogP contribution in [0.3, 0.4) is 0 Å². The molecule has 0 aliphatic rings. The summed E-state index contributed by atoms with van der Waals surface area (Å²) in [6.07, 6.45) is 0.701. The maximum atomic E-state index is 14.4. The first-order valence-corrected chi connectivity index (χ1v) is 16.1. The number of nitrogens with zero attached hydrogens (tertiary/aromatic N) is 1. The van der Waals surface area contributed by atoms with Gasteiger partial charge < -0.3 is 30.1 Å². The van der Waals surface area contributed by atoms with Crippen molar-refractivity contribution in [2.45, 2.75) is 111 Å². The minimum absolute atomic E-state index is 0.159. The first-order chi connectivity index (χ1) is 21.5. The molecule has 0 saturated carbocycles. The second-order valence-corrected chi connectivity index (χ2v) is 13.5. The van der Waals surface area contributed by atoms with Gasteiger partial charge in [0.25, 0.3) is 0 Å². The largest absolute Gasteiger partial charge is 0.458 e. The summed E-state index contributed by atoms with van der Waals surface area (Å²) in [5.74, 6) is -2.14. The van der Waals surface area contributed by atoms with Crippen LogP contribution in [0.25, 0.3) is 0 Å². The summed E-state index contributed by atoms with van der Waals surface area (Å²) in [5.41, 5.74) is 0.727. The van der Waals surface area contributed by atoms with E-state index in [-0.39, 0.29) is 18.9 Å². The number of hydrogen-bond donors (Lipinski definition) is 3. The summed E-state index contributed by atoms with van der Waals surface area (Å²) in [6.45, 7) is 15.5. The summed E-state index contributed by atoms with van der Waals surface area (Å²) >= 11 is 0. The molecule has 4 atom stereocenters. The van der Waals surface area contributed by atoms with E-state index in [9.17, 15) is 24.3 Å². The molecule has 0 heterocycles. The SMILES string of the molecule is CCc1ccc(C(C(=O)NC(Cc2ccccc2)C(=O)OC(C)(C)C)N(CCO)C(=O)C(NC(=O)OC(C)(C)C)C(C)CC)cc1. The fourth-order valence-corrected chi connectivity index (χ4v) is 4.85. The van der Waals surface area contributed by atoms with E-state index in [0.717, 1.165) is 17.5 Å². The molecular weight excluding hydrogens is 586 g/mol. The number of nitrogens with one attached hydrogen (secondary N) is 2. The van der Waals surface area contributed by atoms with Crippen LogP contribution in [-0.2, 0) is 36.7 Å². The fraction of sp³-hybridized carbons (Fsp3) is 0.556. The summed E-state index contributed by atoms with van der Waals surface area (Å²) < 4.78 is 11.1. The van der Waals surface area contributed by atoms with Crippen LogP contribution in [0.4, 0.5) is 4.79 Å². The van der Waals surface area contributed by atoms with Gasteiger partial charge in [-0.05, 0) is 70.6 Å². The molecule has 3 N–H and O–H groups in total. The van der Waals surface area contributed by atoms with Gasteiger partial charge in [-0.15, -0.1) is 0 Å². The lowest BCUT2D eigenvalue weighted by atomic mass is 9.95. The van der Waals surface area contributed by atoms with Gasteiger partial charge >= 0.3 is 12.1 Å². The molecule has 0 spiro atoms. The van der Waals surface area contributed by atoms with E-state index in [2.05, 4.69) is 10.6 Å². The highest BCUT2D eigenvalue weighted by atomic mass is 16.6. The lowest BCUT2D eigenvalue weighted by molar-refractivity contribution is -0.159. The summed E-state index contributed by atoms with van der Waals surface area (Å²) in [4.78, 5) is 56.2. The minimum Gasteiger partial charge on any atom is -0.458 e. The Morgan fingerprint density at radius 1 is 0.826 bits per heavy atom. The Labute approximate surface area is 274 Å². The van der Waals surface area contributed by atoms with Crippen molar-refractivity contribution in [1.82, 2.24) is 15.5 Å². The zero-order valence-electron chi connectivity index (χ0n) is 28.9. The van der Waals surface area contributed by atoms with Crippen molar-refractivity contribution >= 4 is 23.9 Å². The Bertz CT molecular complexity index is 1280. The van der Waals surface area contributed by atoms with E-state index in [1.807, 2.05) is 63.2 Å². The summed E-state index contributed by atoms with van der Waals surface area (Å²) in [7, 11) is 0. The van der Waals surface area contributed by atoms with Gasteiger partial charge in [0.1, 0.15) is 29.3 Å². The van der Waals surface area contributed by atoms with Gasteiger partial charge in [-0.3, -0.25) is 9.59 Å². The average molecular weight is 640 g/mol. The Kier molecular flexibility index (Phi) is 14.2. The summed E-state index contributed by atoms with van der Waals surface area (Å²) in [6, 6.07) is 13.2. The van der Waals surface area contributed by atoms with Gasteiger partial charge in [0.15, 0.2) is 0 Å². The number of aryl methyl sites for hydroxylation is 1. The highest BCUT2D eigenvalue weighted by Crippen LogP contribution is 2.26. The quantitative estimate of drug-likeness (QED) is 0.244. The lowest BCUT2D eigenvalue weighted by Gasteiger charge is -2.36. The van der Waals surface area contributed by atoms with Gasteiger partial charge in [-0.1, -0.05) is 81.8 Å². The van der Waals surface area contributed by atoms with Crippen molar-refractivity contribution in [3.05, 3.63) is 71.3 Å². The standard InChI is InChI=1S/C36H53N3O7/c1-10-24(3)29(38-34(44)46-36(7,8)9)32(42)39(21-22-40)30(27-19-17-25(11-2)18-20-27)31(41)37-28(33(43)45-35(4,5)6)23-26-15-13-12-14-16-26/h12-20,24,28-30,40H,10-11,21-23H2,1-9H3,(H,37,41)(H,38,44). The van der Waals surface area contributed by atoms with E-state index >= 15 is 0 Å². The molecule has 0 aliphatic carbocycles. The van der Waals surface area contributed by atoms with Gasteiger partial charge in [-0.2, -0.15) is 0 Å². The molecule has 0 bridgehead atoms. The second-order valence-electron chi connectivity index (χ2n) is 13.5. The number of benzene rings is 2. The second kappa shape index (κ2) is 17.1. The predicted molar refractivity (Wildman–Crippen MR) is 178 cm³/mol. The third kappa shape index (κ3) is 12.1. The van der Waals surface area contributed by atoms with E-state index in [4.69, 9.17) is 9.47 Å². The first kappa shape index (κ1) is 38.3. The molecule has 10 heteroatoms. The van der Waals surface area contributed by atoms with Gasteiger partial charge in [-0.25, -0.2) is 9.59 Å². The number of carbonyl (C=O) groups is 4. The van der Waals surface area contributed by atoms with Gasteiger partial charge in [0.2, 0.25) is 11.8 Å². The Morgan fingerprint density at radius 2 is 1.41 bits per heavy atom. The van der Waals surface area contributed by atoms with E-state index < -0.39 is 59.8 Å². The smallest absolute Gasteiger partial charge is 0.408 e. The Balaban J connectivity index is 2.60. The number of rotatable bonds is 14. The van der Waals surface area contributed by atoms with Crippen molar-refractivity contribution in [3.8, 4) is 0 Å². The van der Waals surface area contributed by atoms with Crippen LogP contribution in [0.15, 0.2) is 54.6 Å². The number of alkyl carbamates (subject to hydrolysis) is 1. The molecule has 0 aliphatic heterocycles. The maximum absolute atomic E-state index is 14.4. The number of aliphatic hydroxyl groups is 1. The molecule has 46 heavy (non-hydrogen) atoms. The molecule has 254 valence electrons.